The molecule has 0 heterocycles. The highest BCUT2D eigenvalue weighted by Gasteiger charge is 2.12. The standard InChI is InChI=1S/C22H26N2O4/c1-3-13-28-20-11-10-17(15-21(20)26-4-2)22(25)24-18-8-7-9-19(16-18)27-14-6-5-12-23/h7-11,15-16H,3-6,13-14H2,1-2H3,(H,24,25). The number of nitrogens with zero attached hydrogens (tertiary/aromatic N) is 1. The topological polar surface area (TPSA) is 80.6 Å². The van der Waals surface area contributed by atoms with Crippen molar-refractivity contribution in [1.82, 2.24) is 0 Å². The average molecular weight is 382 g/mol. The van der Waals surface area contributed by atoms with E-state index < -0.39 is 0 Å². The lowest BCUT2D eigenvalue weighted by Crippen LogP contribution is -2.12. The molecule has 0 radical (unpaired) electrons. The fourth-order valence-electron chi connectivity index (χ4n) is 2.46. The van der Waals surface area contributed by atoms with Crippen LogP contribution < -0.4 is 19.5 Å². The van der Waals surface area contributed by atoms with Crippen molar-refractivity contribution < 1.29 is 19.0 Å². The fourth-order valence-corrected chi connectivity index (χ4v) is 2.46. The van der Waals surface area contributed by atoms with Gasteiger partial charge in [-0.3, -0.25) is 4.79 Å². The number of hydrogen-bond donors (Lipinski definition) is 1. The van der Waals surface area contributed by atoms with Crippen molar-refractivity contribution in [2.45, 2.75) is 33.1 Å². The Morgan fingerprint density at radius 2 is 1.89 bits per heavy atom. The number of carbonyl (C=O) groups is 1. The van der Waals surface area contributed by atoms with Gasteiger partial charge in [-0.25, -0.2) is 0 Å². The van der Waals surface area contributed by atoms with E-state index in [0.29, 0.717) is 61.2 Å². The molecule has 28 heavy (non-hydrogen) atoms. The molecule has 2 aromatic rings. The molecule has 1 N–H and O–H groups in total. The van der Waals surface area contributed by atoms with Crippen LogP contribution >= 0.6 is 0 Å². The van der Waals surface area contributed by atoms with Crippen molar-refractivity contribution >= 4 is 11.6 Å². The number of nitriles is 1. The summed E-state index contributed by atoms with van der Waals surface area (Å²) in [5.74, 6) is 1.59. The Morgan fingerprint density at radius 3 is 2.64 bits per heavy atom. The van der Waals surface area contributed by atoms with Gasteiger partial charge in [0.25, 0.3) is 5.91 Å². The Labute approximate surface area is 166 Å². The molecule has 0 aliphatic carbocycles. The molecule has 0 spiro atoms. The minimum atomic E-state index is -0.246. The minimum Gasteiger partial charge on any atom is -0.493 e. The molecule has 148 valence electrons. The molecule has 1 amide bonds. The van der Waals surface area contributed by atoms with E-state index in [2.05, 4.69) is 11.4 Å². The number of hydrogen-bond acceptors (Lipinski definition) is 5. The second kappa shape index (κ2) is 11.5. The summed E-state index contributed by atoms with van der Waals surface area (Å²) in [5.41, 5.74) is 1.11. The van der Waals surface area contributed by atoms with Crippen LogP contribution in [0.15, 0.2) is 42.5 Å². The van der Waals surface area contributed by atoms with Crippen molar-refractivity contribution in [2.75, 3.05) is 25.1 Å². The molecule has 0 aliphatic rings. The second-order valence-electron chi connectivity index (χ2n) is 6.04. The second-order valence-corrected chi connectivity index (χ2v) is 6.04. The SMILES string of the molecule is CCCOc1ccc(C(=O)Nc2cccc(OCCCC#N)c2)cc1OCC. The summed E-state index contributed by atoms with van der Waals surface area (Å²) < 4.78 is 16.9. The zero-order valence-corrected chi connectivity index (χ0v) is 16.4. The van der Waals surface area contributed by atoms with Gasteiger partial charge in [0.05, 0.1) is 25.9 Å². The molecule has 0 atom stereocenters. The van der Waals surface area contributed by atoms with Gasteiger partial charge >= 0.3 is 0 Å². The summed E-state index contributed by atoms with van der Waals surface area (Å²) in [6, 6.07) is 14.4. The molecule has 0 aromatic heterocycles. The van der Waals surface area contributed by atoms with Gasteiger partial charge in [0.15, 0.2) is 11.5 Å². The molecule has 0 saturated carbocycles. The van der Waals surface area contributed by atoms with E-state index in [0.717, 1.165) is 6.42 Å². The Kier molecular flexibility index (Phi) is 8.67. The number of unbranched alkanes of at least 4 members (excludes halogenated alkanes) is 1. The third-order valence-corrected chi connectivity index (χ3v) is 3.76. The molecule has 0 unspecified atom stereocenters. The first-order chi connectivity index (χ1) is 13.7. The summed E-state index contributed by atoms with van der Waals surface area (Å²) in [6.07, 6.45) is 2.01. The zero-order chi connectivity index (χ0) is 20.2. The average Bonchev–Trinajstić information content (AvgIpc) is 2.71. The van der Waals surface area contributed by atoms with Crippen LogP contribution in [0.2, 0.25) is 0 Å². The van der Waals surface area contributed by atoms with Crippen LogP contribution in [0, 0.1) is 11.3 Å². The van der Waals surface area contributed by atoms with Crippen LogP contribution in [-0.4, -0.2) is 25.7 Å². The first-order valence-corrected chi connectivity index (χ1v) is 9.48. The van der Waals surface area contributed by atoms with Gasteiger partial charge in [0.2, 0.25) is 0 Å². The van der Waals surface area contributed by atoms with Crippen molar-refractivity contribution in [3.63, 3.8) is 0 Å². The lowest BCUT2D eigenvalue weighted by molar-refractivity contribution is 0.102. The summed E-state index contributed by atoms with van der Waals surface area (Å²) >= 11 is 0. The quantitative estimate of drug-likeness (QED) is 0.564. The van der Waals surface area contributed by atoms with Crippen LogP contribution in [0.1, 0.15) is 43.5 Å². The number of anilines is 1. The van der Waals surface area contributed by atoms with Crippen LogP contribution in [0.4, 0.5) is 5.69 Å². The van der Waals surface area contributed by atoms with Crippen LogP contribution in [0.25, 0.3) is 0 Å². The zero-order valence-electron chi connectivity index (χ0n) is 16.4. The van der Waals surface area contributed by atoms with Gasteiger partial charge in [-0.1, -0.05) is 13.0 Å². The molecule has 6 nitrogen and oxygen atoms in total. The molecule has 2 aromatic carbocycles. The highest BCUT2D eigenvalue weighted by Crippen LogP contribution is 2.29. The maximum atomic E-state index is 12.6. The number of ether oxygens (including phenoxy) is 3. The van der Waals surface area contributed by atoms with E-state index in [4.69, 9.17) is 19.5 Å². The predicted octanol–water partition coefficient (Wildman–Crippen LogP) is 4.81. The molecule has 0 fully saturated rings. The summed E-state index contributed by atoms with van der Waals surface area (Å²) in [5, 5.41) is 11.4. The van der Waals surface area contributed by atoms with Gasteiger partial charge in [0, 0.05) is 23.7 Å². The summed E-state index contributed by atoms with van der Waals surface area (Å²) in [7, 11) is 0. The number of carbonyl (C=O) groups excluding carboxylic acids is 1. The molecule has 2 rings (SSSR count). The van der Waals surface area contributed by atoms with E-state index in [9.17, 15) is 4.79 Å². The number of amides is 1. The van der Waals surface area contributed by atoms with E-state index in [1.807, 2.05) is 26.0 Å². The third-order valence-electron chi connectivity index (χ3n) is 3.76. The predicted molar refractivity (Wildman–Crippen MR) is 108 cm³/mol. The largest absolute Gasteiger partial charge is 0.493 e. The summed E-state index contributed by atoms with van der Waals surface area (Å²) in [4.78, 5) is 12.6. The fraction of sp³-hybridized carbons (Fsp3) is 0.364. The normalized spacial score (nSPS) is 10.0. The molecule has 6 heteroatoms. The molecule has 0 aliphatic heterocycles. The summed E-state index contributed by atoms with van der Waals surface area (Å²) in [6.45, 7) is 5.45. The van der Waals surface area contributed by atoms with Crippen LogP contribution in [-0.2, 0) is 0 Å². The van der Waals surface area contributed by atoms with Gasteiger partial charge in [-0.05, 0) is 50.1 Å². The lowest BCUT2D eigenvalue weighted by Gasteiger charge is -2.13. The van der Waals surface area contributed by atoms with Crippen LogP contribution in [0.3, 0.4) is 0 Å². The molecular formula is C22H26N2O4. The van der Waals surface area contributed by atoms with E-state index in [1.165, 1.54) is 0 Å². The van der Waals surface area contributed by atoms with Crippen LogP contribution in [0.5, 0.6) is 17.2 Å². The first kappa shape index (κ1) is 21.1. The number of benzene rings is 2. The van der Waals surface area contributed by atoms with Gasteiger partial charge < -0.3 is 19.5 Å². The van der Waals surface area contributed by atoms with Crippen molar-refractivity contribution in [2.24, 2.45) is 0 Å². The number of rotatable bonds is 11. The van der Waals surface area contributed by atoms with Gasteiger partial charge in [-0.15, -0.1) is 0 Å². The molecule has 0 saturated heterocycles. The maximum absolute atomic E-state index is 12.6. The first-order valence-electron chi connectivity index (χ1n) is 9.48. The Bertz CT molecular complexity index is 814. The maximum Gasteiger partial charge on any atom is 0.255 e. The molecule has 0 bridgehead atoms. The highest BCUT2D eigenvalue weighted by atomic mass is 16.5. The van der Waals surface area contributed by atoms with E-state index in [1.54, 1.807) is 30.3 Å². The van der Waals surface area contributed by atoms with Gasteiger partial charge in [-0.2, -0.15) is 5.26 Å². The Morgan fingerprint density at radius 1 is 1.04 bits per heavy atom. The van der Waals surface area contributed by atoms with E-state index >= 15 is 0 Å². The molecular weight excluding hydrogens is 356 g/mol. The Balaban J connectivity index is 2.05. The Hall–Kier alpha value is -3.20. The smallest absolute Gasteiger partial charge is 0.255 e. The minimum absolute atomic E-state index is 0.246. The monoisotopic (exact) mass is 382 g/mol. The van der Waals surface area contributed by atoms with Gasteiger partial charge in [0.1, 0.15) is 5.75 Å². The van der Waals surface area contributed by atoms with Crippen molar-refractivity contribution in [3.05, 3.63) is 48.0 Å². The lowest BCUT2D eigenvalue weighted by atomic mass is 10.1. The van der Waals surface area contributed by atoms with Crippen molar-refractivity contribution in [1.29, 1.82) is 5.26 Å². The van der Waals surface area contributed by atoms with Crippen molar-refractivity contribution in [3.8, 4) is 23.3 Å². The number of nitrogens with one attached hydrogen (secondary N) is 1. The third kappa shape index (κ3) is 6.51. The highest BCUT2D eigenvalue weighted by molar-refractivity contribution is 6.04. The van der Waals surface area contributed by atoms with E-state index in [-0.39, 0.29) is 5.91 Å².